The zero-order valence-electron chi connectivity index (χ0n) is 12.3. The highest BCUT2D eigenvalue weighted by Crippen LogP contribution is 2.32. The molecule has 0 radical (unpaired) electrons. The molecule has 1 amide bonds. The van der Waals surface area contributed by atoms with Gasteiger partial charge in [-0.15, -0.1) is 0 Å². The molecule has 1 aliphatic rings. The maximum absolute atomic E-state index is 11.3. The van der Waals surface area contributed by atoms with Crippen LogP contribution in [0.15, 0.2) is 0 Å². The molecule has 1 saturated heterocycles. The molecule has 9 nitrogen and oxygen atoms in total. The molecule has 9 heteroatoms. The highest BCUT2D eigenvalue weighted by molar-refractivity contribution is 5.76. The van der Waals surface area contributed by atoms with Gasteiger partial charge in [-0.25, -0.2) is 4.68 Å². The molecule has 0 aliphatic carbocycles. The molecule has 1 aliphatic heterocycles. The van der Waals surface area contributed by atoms with Gasteiger partial charge in [0.2, 0.25) is 11.7 Å². The van der Waals surface area contributed by atoms with Crippen molar-refractivity contribution in [1.82, 2.24) is 14.7 Å². The number of aryl methyl sites for hydroxylation is 2. The van der Waals surface area contributed by atoms with E-state index in [2.05, 4.69) is 5.10 Å². The van der Waals surface area contributed by atoms with Crippen molar-refractivity contribution in [3.8, 4) is 0 Å². The molecule has 0 bridgehead atoms. The van der Waals surface area contributed by atoms with Crippen LogP contribution in [0.1, 0.15) is 12.6 Å². The van der Waals surface area contributed by atoms with Gasteiger partial charge in [-0.2, -0.15) is 5.10 Å². The molecule has 21 heavy (non-hydrogen) atoms. The van der Waals surface area contributed by atoms with Crippen LogP contribution in [-0.2, 0) is 18.3 Å². The summed E-state index contributed by atoms with van der Waals surface area (Å²) in [6.45, 7) is 4.58. The number of carbonyl (C=O) groups is 1. The monoisotopic (exact) mass is 296 g/mol. The molecule has 1 fully saturated rings. The number of nitrogens with zero attached hydrogens (tertiary/aromatic N) is 5. The molecule has 0 unspecified atom stereocenters. The minimum Gasteiger partial charge on any atom is -0.369 e. The second-order valence-electron chi connectivity index (χ2n) is 5.08. The Balaban J connectivity index is 2.18. The van der Waals surface area contributed by atoms with Crippen molar-refractivity contribution < 1.29 is 9.72 Å². The SMILES string of the molecule is CCc1nn(C)c(N2CCN(CC(N)=O)CC2)c1[N+](=O)[O-]. The van der Waals surface area contributed by atoms with E-state index in [1.54, 1.807) is 11.7 Å². The Morgan fingerprint density at radius 3 is 2.48 bits per heavy atom. The minimum absolute atomic E-state index is 0.0864. The van der Waals surface area contributed by atoms with Crippen molar-refractivity contribution in [1.29, 1.82) is 0 Å². The van der Waals surface area contributed by atoms with Gasteiger partial charge in [0, 0.05) is 33.2 Å². The van der Waals surface area contributed by atoms with Gasteiger partial charge in [-0.3, -0.25) is 19.8 Å². The minimum atomic E-state index is -0.364. The number of primary amides is 1. The Kier molecular flexibility index (Phi) is 4.41. The summed E-state index contributed by atoms with van der Waals surface area (Å²) in [5.74, 6) is 0.179. The first-order chi connectivity index (χ1) is 9.93. The number of piperazine rings is 1. The van der Waals surface area contributed by atoms with Crippen molar-refractivity contribution in [2.75, 3.05) is 37.6 Å². The number of rotatable bonds is 5. The van der Waals surface area contributed by atoms with E-state index in [9.17, 15) is 14.9 Å². The zero-order chi connectivity index (χ0) is 15.6. The molecule has 0 aromatic carbocycles. The fraction of sp³-hybridized carbons (Fsp3) is 0.667. The Bertz CT molecular complexity index is 547. The van der Waals surface area contributed by atoms with Gasteiger partial charge in [0.25, 0.3) is 0 Å². The normalized spacial score (nSPS) is 16.2. The largest absolute Gasteiger partial charge is 0.369 e. The number of hydrogen-bond donors (Lipinski definition) is 1. The lowest BCUT2D eigenvalue weighted by atomic mass is 10.2. The molecule has 2 N–H and O–H groups in total. The molecule has 0 atom stereocenters. The van der Waals surface area contributed by atoms with E-state index in [4.69, 9.17) is 5.73 Å². The van der Waals surface area contributed by atoms with E-state index >= 15 is 0 Å². The second kappa shape index (κ2) is 6.08. The molecular formula is C12H20N6O3. The third kappa shape index (κ3) is 3.13. The summed E-state index contributed by atoms with van der Waals surface area (Å²) in [5, 5.41) is 15.6. The maximum Gasteiger partial charge on any atom is 0.334 e. The molecule has 0 spiro atoms. The lowest BCUT2D eigenvalue weighted by molar-refractivity contribution is -0.384. The standard InChI is InChI=1S/C12H20N6O3/c1-3-9-11(18(20)21)12(15(2)14-9)17-6-4-16(5-7-17)8-10(13)19/h3-8H2,1-2H3,(H2,13,19). The van der Waals surface area contributed by atoms with Crippen LogP contribution in [0.5, 0.6) is 0 Å². The van der Waals surface area contributed by atoms with Gasteiger partial charge in [-0.05, 0) is 6.42 Å². The quantitative estimate of drug-likeness (QED) is 0.579. The van der Waals surface area contributed by atoms with Gasteiger partial charge in [0.05, 0.1) is 11.5 Å². The van der Waals surface area contributed by atoms with E-state index in [1.807, 2.05) is 16.7 Å². The highest BCUT2D eigenvalue weighted by atomic mass is 16.6. The molecular weight excluding hydrogens is 276 g/mol. The number of hydrogen-bond acceptors (Lipinski definition) is 6. The number of anilines is 1. The van der Waals surface area contributed by atoms with Gasteiger partial charge in [0.15, 0.2) is 0 Å². The number of aromatic nitrogens is 2. The van der Waals surface area contributed by atoms with Crippen molar-refractivity contribution >= 4 is 17.4 Å². The Hall–Kier alpha value is -2.16. The summed E-state index contributed by atoms with van der Waals surface area (Å²) in [6, 6.07) is 0. The Morgan fingerprint density at radius 1 is 1.38 bits per heavy atom. The van der Waals surface area contributed by atoms with Crippen LogP contribution in [-0.4, -0.2) is 58.2 Å². The average Bonchev–Trinajstić information content (AvgIpc) is 2.76. The molecule has 2 rings (SSSR count). The van der Waals surface area contributed by atoms with Crippen molar-refractivity contribution in [2.24, 2.45) is 12.8 Å². The van der Waals surface area contributed by atoms with Crippen molar-refractivity contribution in [2.45, 2.75) is 13.3 Å². The van der Waals surface area contributed by atoms with Crippen LogP contribution in [0.4, 0.5) is 11.5 Å². The molecule has 1 aromatic heterocycles. The number of carbonyl (C=O) groups excluding carboxylic acids is 1. The molecule has 0 saturated carbocycles. The third-order valence-corrected chi connectivity index (χ3v) is 3.63. The van der Waals surface area contributed by atoms with Crippen molar-refractivity contribution in [3.63, 3.8) is 0 Å². The number of nitro groups is 1. The van der Waals surface area contributed by atoms with Crippen molar-refractivity contribution in [3.05, 3.63) is 15.8 Å². The van der Waals surface area contributed by atoms with Crippen LogP contribution in [0.2, 0.25) is 0 Å². The summed E-state index contributed by atoms with van der Waals surface area (Å²) in [5.41, 5.74) is 5.76. The first kappa shape index (κ1) is 15.2. The third-order valence-electron chi connectivity index (χ3n) is 3.63. The molecule has 2 heterocycles. The first-order valence-electron chi connectivity index (χ1n) is 6.89. The first-order valence-corrected chi connectivity index (χ1v) is 6.89. The maximum atomic E-state index is 11.3. The summed E-state index contributed by atoms with van der Waals surface area (Å²) in [7, 11) is 1.72. The highest BCUT2D eigenvalue weighted by Gasteiger charge is 2.31. The summed E-state index contributed by atoms with van der Waals surface area (Å²) in [4.78, 5) is 25.8. The van der Waals surface area contributed by atoms with E-state index in [0.29, 0.717) is 44.1 Å². The van der Waals surface area contributed by atoms with E-state index in [-0.39, 0.29) is 23.1 Å². The lowest BCUT2D eigenvalue weighted by Crippen LogP contribution is -2.49. The average molecular weight is 296 g/mol. The van der Waals surface area contributed by atoms with Gasteiger partial charge < -0.3 is 10.6 Å². The van der Waals surface area contributed by atoms with E-state index < -0.39 is 0 Å². The van der Waals surface area contributed by atoms with Gasteiger partial charge in [-0.1, -0.05) is 6.92 Å². The Morgan fingerprint density at radius 2 is 2.00 bits per heavy atom. The second-order valence-corrected chi connectivity index (χ2v) is 5.08. The van der Waals surface area contributed by atoms with Crippen LogP contribution in [0, 0.1) is 10.1 Å². The fourth-order valence-electron chi connectivity index (χ4n) is 2.68. The van der Waals surface area contributed by atoms with Crippen LogP contribution in [0.3, 0.4) is 0 Å². The van der Waals surface area contributed by atoms with E-state index in [0.717, 1.165) is 0 Å². The van der Waals surface area contributed by atoms with Crippen LogP contribution in [0.25, 0.3) is 0 Å². The lowest BCUT2D eigenvalue weighted by Gasteiger charge is -2.34. The van der Waals surface area contributed by atoms with E-state index in [1.165, 1.54) is 0 Å². The topological polar surface area (TPSA) is 111 Å². The predicted octanol–water partition coefficient (Wildman–Crippen LogP) is -0.502. The van der Waals surface area contributed by atoms with Gasteiger partial charge >= 0.3 is 5.69 Å². The fourth-order valence-corrected chi connectivity index (χ4v) is 2.68. The molecule has 1 aromatic rings. The zero-order valence-corrected chi connectivity index (χ0v) is 12.3. The number of amides is 1. The smallest absolute Gasteiger partial charge is 0.334 e. The van der Waals surface area contributed by atoms with Crippen LogP contribution >= 0.6 is 0 Å². The Labute approximate surface area is 122 Å². The summed E-state index contributed by atoms with van der Waals surface area (Å²) >= 11 is 0. The molecule has 116 valence electrons. The van der Waals surface area contributed by atoms with Gasteiger partial charge in [0.1, 0.15) is 5.69 Å². The van der Waals surface area contributed by atoms with Crippen LogP contribution < -0.4 is 10.6 Å². The summed E-state index contributed by atoms with van der Waals surface area (Å²) < 4.78 is 1.57. The number of nitrogens with two attached hydrogens (primary N) is 1. The summed E-state index contributed by atoms with van der Waals surface area (Å²) in [6.07, 6.45) is 0.520. The predicted molar refractivity (Wildman–Crippen MR) is 77.1 cm³/mol.